The molecule has 46 heavy (non-hydrogen) atoms. The molecule has 1 aliphatic carbocycles. The maximum atomic E-state index is 11.7. The third-order valence-electron chi connectivity index (χ3n) is 10.1. The van der Waals surface area contributed by atoms with Crippen molar-refractivity contribution in [3.63, 3.8) is 0 Å². The summed E-state index contributed by atoms with van der Waals surface area (Å²) in [5.74, 6) is 1.18. The second kappa shape index (κ2) is 16.8. The molecule has 5 rings (SSSR count). The van der Waals surface area contributed by atoms with E-state index in [4.69, 9.17) is 4.98 Å². The van der Waals surface area contributed by atoms with Crippen LogP contribution in [0.1, 0.15) is 116 Å². The van der Waals surface area contributed by atoms with Crippen molar-refractivity contribution in [1.82, 2.24) is 4.98 Å². The van der Waals surface area contributed by atoms with Crippen molar-refractivity contribution in [2.75, 3.05) is 0 Å². The van der Waals surface area contributed by atoms with Gasteiger partial charge in [-0.1, -0.05) is 85.7 Å². The Labute approximate surface area is 291 Å². The van der Waals surface area contributed by atoms with Crippen LogP contribution in [0, 0.1) is 37.2 Å². The number of fused-ring (bicyclic) bond motifs is 3. The summed E-state index contributed by atoms with van der Waals surface area (Å²) in [7, 11) is 0. The van der Waals surface area contributed by atoms with Gasteiger partial charge >= 0.3 is 0 Å². The van der Waals surface area contributed by atoms with Crippen LogP contribution in [0.15, 0.2) is 66.6 Å². The van der Waals surface area contributed by atoms with Crippen LogP contribution in [0.25, 0.3) is 32.8 Å². The molecule has 4 heteroatoms. The number of hydrogen-bond acceptors (Lipinski definition) is 3. The Kier molecular flexibility index (Phi) is 13.8. The average molecular weight is 797 g/mol. The smallest absolute Gasteiger partial charge is 0.162 e. The number of nitrogens with zero attached hydrogens (tertiary/aromatic N) is 1. The van der Waals surface area contributed by atoms with Crippen molar-refractivity contribution in [2.45, 2.75) is 113 Å². The summed E-state index contributed by atoms with van der Waals surface area (Å²) in [6, 6.07) is 21.5. The maximum Gasteiger partial charge on any atom is 0.162 e. The summed E-state index contributed by atoms with van der Waals surface area (Å²) in [5, 5.41) is 15.1. The van der Waals surface area contributed by atoms with E-state index in [9.17, 15) is 9.90 Å². The van der Waals surface area contributed by atoms with E-state index in [0.717, 1.165) is 36.9 Å². The van der Waals surface area contributed by atoms with Crippen molar-refractivity contribution in [1.29, 1.82) is 0 Å². The number of rotatable bonds is 9. The standard InChI is InChI=1S/C29H30N.C13H24O2.Ir/c1-19-15-20(2)17-22(16-19)28-27-18-26(21-9-12-29(3,4)13-10-21)24-8-6-5-7-23(24)25(27)11-14-30-28;1-5-10(6-2)12(14)9-13(15)11(7-3)8-4;/h5-8,11,14-16,18,21H,9-10,12-13H2,1-4H3;9-11,14H,5-8H2,1-4H3;/q-1;;/b;12-9-;. The minimum Gasteiger partial charge on any atom is -0.512 e. The predicted molar refractivity (Wildman–Crippen MR) is 192 cm³/mol. The first-order chi connectivity index (χ1) is 21.5. The van der Waals surface area contributed by atoms with Gasteiger partial charge in [-0.05, 0) is 102 Å². The van der Waals surface area contributed by atoms with Gasteiger partial charge in [0.25, 0.3) is 0 Å². The molecule has 0 amide bonds. The van der Waals surface area contributed by atoms with E-state index in [2.05, 4.69) is 82.3 Å². The molecule has 0 aliphatic heterocycles. The van der Waals surface area contributed by atoms with Gasteiger partial charge in [0.15, 0.2) is 5.78 Å². The van der Waals surface area contributed by atoms with Gasteiger partial charge in [0.2, 0.25) is 0 Å². The Hall–Kier alpha value is -2.81. The van der Waals surface area contributed by atoms with Gasteiger partial charge in [0.1, 0.15) is 0 Å². The van der Waals surface area contributed by atoms with Crippen LogP contribution in [-0.2, 0) is 24.9 Å². The van der Waals surface area contributed by atoms with Crippen LogP contribution in [0.4, 0.5) is 0 Å². The third-order valence-corrected chi connectivity index (χ3v) is 10.1. The first kappa shape index (κ1) is 37.6. The summed E-state index contributed by atoms with van der Waals surface area (Å²) in [4.78, 5) is 16.6. The molecule has 1 aromatic heterocycles. The maximum absolute atomic E-state index is 11.7. The molecule has 1 fully saturated rings. The molecular formula is C42H54IrNO2-. The molecule has 249 valence electrons. The van der Waals surface area contributed by atoms with Gasteiger partial charge in [-0.2, -0.15) is 0 Å². The fourth-order valence-corrected chi connectivity index (χ4v) is 7.12. The van der Waals surface area contributed by atoms with E-state index in [1.165, 1.54) is 70.0 Å². The van der Waals surface area contributed by atoms with Crippen molar-refractivity contribution >= 4 is 27.3 Å². The number of ketones is 1. The number of aryl methyl sites for hydroxylation is 2. The molecule has 1 saturated carbocycles. The number of allylic oxidation sites excluding steroid dienone is 2. The number of aliphatic hydroxyl groups excluding tert-OH is 1. The largest absolute Gasteiger partial charge is 0.512 e. The Bertz CT molecular complexity index is 1610. The molecule has 1 aliphatic rings. The van der Waals surface area contributed by atoms with Crippen LogP contribution >= 0.6 is 0 Å². The van der Waals surface area contributed by atoms with E-state index >= 15 is 0 Å². The summed E-state index contributed by atoms with van der Waals surface area (Å²) in [5.41, 5.74) is 6.57. The van der Waals surface area contributed by atoms with Crippen LogP contribution < -0.4 is 0 Å². The fraction of sp³-hybridized carbons (Fsp3) is 0.476. The molecule has 0 atom stereocenters. The minimum absolute atomic E-state index is 0. The minimum atomic E-state index is 0. The van der Waals surface area contributed by atoms with Gasteiger partial charge in [-0.15, -0.1) is 34.9 Å². The van der Waals surface area contributed by atoms with Crippen molar-refractivity contribution in [2.24, 2.45) is 17.3 Å². The summed E-state index contributed by atoms with van der Waals surface area (Å²) in [6.07, 6.45) is 12.0. The zero-order chi connectivity index (χ0) is 32.7. The zero-order valence-electron chi connectivity index (χ0n) is 29.3. The predicted octanol–water partition coefficient (Wildman–Crippen LogP) is 12.0. The Morgan fingerprint density at radius 1 is 0.891 bits per heavy atom. The Balaban J connectivity index is 0.000000309. The Morgan fingerprint density at radius 2 is 1.48 bits per heavy atom. The van der Waals surface area contributed by atoms with Gasteiger partial charge in [0.05, 0.1) is 5.76 Å². The monoisotopic (exact) mass is 797 g/mol. The number of hydrogen-bond donors (Lipinski definition) is 1. The molecule has 0 saturated heterocycles. The van der Waals surface area contributed by atoms with E-state index < -0.39 is 0 Å². The molecule has 1 heterocycles. The molecule has 3 aromatic carbocycles. The van der Waals surface area contributed by atoms with Gasteiger partial charge in [-0.25, -0.2) is 0 Å². The van der Waals surface area contributed by atoms with Gasteiger partial charge in [0, 0.05) is 44.2 Å². The summed E-state index contributed by atoms with van der Waals surface area (Å²) in [6.45, 7) is 17.2. The first-order valence-corrected chi connectivity index (χ1v) is 17.3. The van der Waals surface area contributed by atoms with E-state index in [1.807, 2.05) is 33.9 Å². The van der Waals surface area contributed by atoms with Crippen LogP contribution in [0.3, 0.4) is 0 Å². The number of aliphatic hydroxyl groups is 1. The molecule has 0 spiro atoms. The van der Waals surface area contributed by atoms with E-state index in [1.54, 1.807) is 0 Å². The third kappa shape index (κ3) is 8.96. The number of pyridine rings is 1. The molecule has 4 aromatic rings. The molecule has 3 nitrogen and oxygen atoms in total. The van der Waals surface area contributed by atoms with E-state index in [-0.39, 0.29) is 43.5 Å². The topological polar surface area (TPSA) is 50.2 Å². The second-order valence-corrected chi connectivity index (χ2v) is 14.0. The fourth-order valence-electron chi connectivity index (χ4n) is 7.12. The molecule has 1 radical (unpaired) electrons. The quantitative estimate of drug-likeness (QED) is 0.0794. The number of aromatic nitrogens is 1. The Morgan fingerprint density at radius 3 is 2.07 bits per heavy atom. The number of carbonyl (C=O) groups excluding carboxylic acids is 1. The molecule has 0 bridgehead atoms. The second-order valence-electron chi connectivity index (χ2n) is 14.0. The average Bonchev–Trinajstić information content (AvgIpc) is 3.01. The molecular weight excluding hydrogens is 743 g/mol. The number of carbonyl (C=O) groups is 1. The van der Waals surface area contributed by atoms with Crippen molar-refractivity contribution in [3.8, 4) is 11.3 Å². The zero-order valence-corrected chi connectivity index (χ0v) is 31.7. The summed E-state index contributed by atoms with van der Waals surface area (Å²) >= 11 is 0. The van der Waals surface area contributed by atoms with Crippen LogP contribution in [0.5, 0.6) is 0 Å². The summed E-state index contributed by atoms with van der Waals surface area (Å²) < 4.78 is 0. The van der Waals surface area contributed by atoms with Gasteiger partial charge < -0.3 is 10.1 Å². The number of benzene rings is 3. The SMILES string of the molecule is CCC(CC)C(=O)/C=C(\O)C(CC)CC.Cc1[c-]c(-c2nccc3c2cc(C2CCC(C)(C)CC2)c2ccccc23)cc(C)c1.[Ir]. The van der Waals surface area contributed by atoms with Crippen LogP contribution in [0.2, 0.25) is 0 Å². The van der Waals surface area contributed by atoms with Gasteiger partial charge in [-0.3, -0.25) is 4.79 Å². The first-order valence-electron chi connectivity index (χ1n) is 17.3. The van der Waals surface area contributed by atoms with E-state index in [0.29, 0.717) is 11.3 Å². The van der Waals surface area contributed by atoms with Crippen molar-refractivity contribution < 1.29 is 30.0 Å². The molecule has 1 N–H and O–H groups in total. The van der Waals surface area contributed by atoms with Crippen molar-refractivity contribution in [3.05, 3.63) is 89.3 Å². The normalized spacial score (nSPS) is 15.1. The van der Waals surface area contributed by atoms with Crippen LogP contribution in [-0.4, -0.2) is 15.9 Å². The molecule has 0 unspecified atom stereocenters.